The van der Waals surface area contributed by atoms with Crippen molar-refractivity contribution in [2.24, 2.45) is 0 Å². The number of benzene rings is 2. The van der Waals surface area contributed by atoms with Gasteiger partial charge in [-0.25, -0.2) is 4.98 Å². The number of rotatable bonds is 3. The molecular formula is C23H25N3OS2. The van der Waals surface area contributed by atoms with E-state index in [1.54, 1.807) is 0 Å². The van der Waals surface area contributed by atoms with Gasteiger partial charge in [0.05, 0.1) is 27.5 Å². The minimum atomic E-state index is 0.259. The van der Waals surface area contributed by atoms with Gasteiger partial charge >= 0.3 is 0 Å². The molecule has 6 heteroatoms. The zero-order chi connectivity index (χ0) is 19.6. The van der Waals surface area contributed by atoms with Gasteiger partial charge in [0.15, 0.2) is 0 Å². The number of anilines is 1. The van der Waals surface area contributed by atoms with Gasteiger partial charge in [-0.2, -0.15) is 0 Å². The summed E-state index contributed by atoms with van der Waals surface area (Å²) in [5, 5.41) is 1.23. The molecule has 0 radical (unpaired) electrons. The molecule has 0 aliphatic carbocycles. The van der Waals surface area contributed by atoms with Gasteiger partial charge in [0, 0.05) is 30.4 Å². The highest BCUT2D eigenvalue weighted by molar-refractivity contribution is 7.99. The molecule has 1 amide bonds. The Morgan fingerprint density at radius 2 is 1.83 bits per heavy atom. The van der Waals surface area contributed by atoms with Crippen molar-refractivity contribution < 1.29 is 4.79 Å². The van der Waals surface area contributed by atoms with Gasteiger partial charge in [-0.15, -0.1) is 23.1 Å². The number of aromatic nitrogens is 1. The molecular weight excluding hydrogens is 398 g/mol. The summed E-state index contributed by atoms with van der Waals surface area (Å²) in [7, 11) is 0. The lowest BCUT2D eigenvalue weighted by Crippen LogP contribution is -2.44. The van der Waals surface area contributed by atoms with E-state index < -0.39 is 0 Å². The van der Waals surface area contributed by atoms with E-state index in [1.165, 1.54) is 20.3 Å². The van der Waals surface area contributed by atoms with Gasteiger partial charge in [0.25, 0.3) is 0 Å². The molecule has 1 saturated heterocycles. The Bertz CT molecular complexity index is 977. The van der Waals surface area contributed by atoms with Crippen molar-refractivity contribution in [2.75, 3.05) is 36.8 Å². The van der Waals surface area contributed by atoms with Crippen LogP contribution in [0.5, 0.6) is 0 Å². The van der Waals surface area contributed by atoms with Crippen LogP contribution in [-0.2, 0) is 4.79 Å². The molecule has 1 aromatic heterocycles. The van der Waals surface area contributed by atoms with Gasteiger partial charge in [0.2, 0.25) is 5.91 Å². The Kier molecular flexibility index (Phi) is 5.46. The summed E-state index contributed by atoms with van der Waals surface area (Å²) in [4.78, 5) is 23.5. The molecule has 0 saturated carbocycles. The first-order chi connectivity index (χ1) is 14.3. The fourth-order valence-corrected chi connectivity index (χ4v) is 6.42. The number of thioether (sulfide) groups is 1. The van der Waals surface area contributed by atoms with Crippen LogP contribution in [0.15, 0.2) is 53.4 Å². The Balaban J connectivity index is 1.22. The maximum absolute atomic E-state index is 13.0. The number of likely N-dealkylation sites (tertiary alicyclic amines) is 1. The topological polar surface area (TPSA) is 36.4 Å². The minimum absolute atomic E-state index is 0.259. The summed E-state index contributed by atoms with van der Waals surface area (Å²) < 4.78 is 1.26. The highest BCUT2D eigenvalue weighted by Gasteiger charge is 2.27. The summed E-state index contributed by atoms with van der Waals surface area (Å²) >= 11 is 3.71. The van der Waals surface area contributed by atoms with Crippen LogP contribution < -0.4 is 4.90 Å². The van der Waals surface area contributed by atoms with Crippen molar-refractivity contribution in [3.63, 3.8) is 0 Å². The van der Waals surface area contributed by atoms with Gasteiger partial charge in [-0.3, -0.25) is 4.79 Å². The summed E-state index contributed by atoms with van der Waals surface area (Å²) in [6, 6.07) is 16.8. The van der Waals surface area contributed by atoms with Crippen LogP contribution in [0.2, 0.25) is 0 Å². The first-order valence-electron chi connectivity index (χ1n) is 10.4. The average molecular weight is 424 g/mol. The van der Waals surface area contributed by atoms with Gasteiger partial charge < -0.3 is 9.80 Å². The zero-order valence-electron chi connectivity index (χ0n) is 16.4. The molecule has 2 aromatic carbocycles. The van der Waals surface area contributed by atoms with Gasteiger partial charge in [-0.05, 0) is 49.3 Å². The smallest absolute Gasteiger partial charge is 0.242 e. The Labute approximate surface area is 179 Å². The summed E-state index contributed by atoms with van der Waals surface area (Å²) in [5.41, 5.74) is 2.32. The van der Waals surface area contributed by atoms with E-state index in [1.807, 2.05) is 29.2 Å². The van der Waals surface area contributed by atoms with E-state index in [0.29, 0.717) is 12.5 Å². The molecule has 3 heterocycles. The van der Waals surface area contributed by atoms with Crippen molar-refractivity contribution in [1.82, 2.24) is 9.88 Å². The molecule has 0 bridgehead atoms. The quantitative estimate of drug-likeness (QED) is 0.594. The molecule has 2 aliphatic rings. The molecule has 0 spiro atoms. The van der Waals surface area contributed by atoms with Crippen LogP contribution in [0.4, 0.5) is 5.69 Å². The van der Waals surface area contributed by atoms with Crippen molar-refractivity contribution >= 4 is 44.9 Å². The lowest BCUT2D eigenvalue weighted by atomic mass is 9.97. The number of hydrogen-bond donors (Lipinski definition) is 0. The molecule has 29 heavy (non-hydrogen) atoms. The molecule has 0 N–H and O–H groups in total. The molecule has 2 aliphatic heterocycles. The molecule has 4 nitrogen and oxygen atoms in total. The number of hydrogen-bond acceptors (Lipinski definition) is 5. The molecule has 5 rings (SSSR count). The standard InChI is InChI=1S/C23H25N3OS2/c27-22(16-26-12-5-15-28-21-9-4-2-7-19(21)26)25-13-10-17(11-14-25)23-24-18-6-1-3-8-20(18)29-23/h1-4,6-9,17H,5,10-16H2. The first-order valence-corrected chi connectivity index (χ1v) is 12.2. The van der Waals surface area contributed by atoms with Crippen LogP contribution in [0.1, 0.15) is 30.2 Å². The fourth-order valence-electron chi connectivity index (χ4n) is 4.27. The van der Waals surface area contributed by atoms with Crippen LogP contribution in [0.3, 0.4) is 0 Å². The van der Waals surface area contributed by atoms with Crippen LogP contribution in [0.25, 0.3) is 10.2 Å². The van der Waals surface area contributed by atoms with Crippen molar-refractivity contribution in [2.45, 2.75) is 30.1 Å². The third-order valence-electron chi connectivity index (χ3n) is 5.87. The SMILES string of the molecule is O=C(CN1CCCSc2ccccc21)N1CCC(c2nc3ccccc3s2)CC1. The molecule has 1 fully saturated rings. The van der Waals surface area contributed by atoms with Crippen LogP contribution in [-0.4, -0.2) is 47.7 Å². The minimum Gasteiger partial charge on any atom is -0.361 e. The predicted octanol–water partition coefficient (Wildman–Crippen LogP) is 5.00. The second kappa shape index (κ2) is 8.36. The van der Waals surface area contributed by atoms with Crippen molar-refractivity contribution in [1.29, 1.82) is 0 Å². The lowest BCUT2D eigenvalue weighted by Gasteiger charge is -2.33. The molecule has 0 atom stereocenters. The number of carbonyl (C=O) groups excluding carboxylic acids is 1. The molecule has 0 unspecified atom stereocenters. The Morgan fingerprint density at radius 3 is 2.69 bits per heavy atom. The number of carbonyl (C=O) groups is 1. The van der Waals surface area contributed by atoms with Crippen molar-refractivity contribution in [3.05, 3.63) is 53.5 Å². The van der Waals surface area contributed by atoms with E-state index in [4.69, 9.17) is 4.98 Å². The highest BCUT2D eigenvalue weighted by atomic mass is 32.2. The maximum Gasteiger partial charge on any atom is 0.242 e. The van der Waals surface area contributed by atoms with Gasteiger partial charge in [-0.1, -0.05) is 24.3 Å². The van der Waals surface area contributed by atoms with E-state index in [-0.39, 0.29) is 5.91 Å². The van der Waals surface area contributed by atoms with E-state index in [2.05, 4.69) is 52.3 Å². The Hall–Kier alpha value is -2.05. The monoisotopic (exact) mass is 423 g/mol. The molecule has 150 valence electrons. The number of nitrogens with zero attached hydrogens (tertiary/aromatic N) is 3. The maximum atomic E-state index is 13.0. The first kappa shape index (κ1) is 18.9. The van der Waals surface area contributed by atoms with E-state index in [0.717, 1.165) is 50.2 Å². The van der Waals surface area contributed by atoms with Crippen LogP contribution >= 0.6 is 23.1 Å². The predicted molar refractivity (Wildman–Crippen MR) is 122 cm³/mol. The second-order valence-corrected chi connectivity index (χ2v) is 9.97. The second-order valence-electron chi connectivity index (χ2n) is 7.77. The number of para-hydroxylation sites is 2. The highest BCUT2D eigenvalue weighted by Crippen LogP contribution is 2.35. The third kappa shape index (κ3) is 4.01. The third-order valence-corrected chi connectivity index (χ3v) is 8.22. The average Bonchev–Trinajstić information content (AvgIpc) is 3.10. The zero-order valence-corrected chi connectivity index (χ0v) is 18.1. The summed E-state index contributed by atoms with van der Waals surface area (Å²) in [6.45, 7) is 3.12. The summed E-state index contributed by atoms with van der Waals surface area (Å²) in [6.07, 6.45) is 3.14. The molecule has 3 aromatic rings. The fraction of sp³-hybridized carbons (Fsp3) is 0.391. The largest absolute Gasteiger partial charge is 0.361 e. The number of thiazole rings is 1. The van der Waals surface area contributed by atoms with Crippen LogP contribution in [0, 0.1) is 0 Å². The van der Waals surface area contributed by atoms with Crippen molar-refractivity contribution in [3.8, 4) is 0 Å². The number of fused-ring (bicyclic) bond motifs is 2. The summed E-state index contributed by atoms with van der Waals surface area (Å²) in [5.74, 6) is 1.86. The lowest BCUT2D eigenvalue weighted by molar-refractivity contribution is -0.130. The normalized spacial score (nSPS) is 17.9. The Morgan fingerprint density at radius 1 is 1.03 bits per heavy atom. The van der Waals surface area contributed by atoms with E-state index >= 15 is 0 Å². The number of piperidine rings is 1. The van der Waals surface area contributed by atoms with E-state index in [9.17, 15) is 4.79 Å². The van der Waals surface area contributed by atoms with Gasteiger partial charge in [0.1, 0.15) is 0 Å². The number of amides is 1.